The zero-order chi connectivity index (χ0) is 21.3. The number of carbonyl (C=O) groups excluding carboxylic acids is 1. The SMILES string of the molecule is O=C(Nc1ccc(Cl)c(S(=O)(=O)[C@H]2CCCNC2)c1O)N[C@H]1CCCc2occc21. The highest BCUT2D eigenvalue weighted by molar-refractivity contribution is 7.92. The summed E-state index contributed by atoms with van der Waals surface area (Å²) in [4.78, 5) is 12.2. The molecule has 2 aromatic rings. The van der Waals surface area contributed by atoms with Crippen molar-refractivity contribution in [1.29, 1.82) is 0 Å². The number of phenols is 1. The molecule has 0 saturated carbocycles. The van der Waals surface area contributed by atoms with Crippen LogP contribution in [0.4, 0.5) is 10.5 Å². The third-order valence-electron chi connectivity index (χ3n) is 5.66. The molecule has 8 nitrogen and oxygen atoms in total. The molecule has 2 heterocycles. The van der Waals surface area contributed by atoms with Crippen molar-refractivity contribution >= 4 is 33.2 Å². The smallest absolute Gasteiger partial charge is 0.319 e. The molecule has 2 aliphatic rings. The van der Waals surface area contributed by atoms with Gasteiger partial charge in [0, 0.05) is 18.5 Å². The van der Waals surface area contributed by atoms with Crippen LogP contribution in [0.5, 0.6) is 5.75 Å². The van der Waals surface area contributed by atoms with Gasteiger partial charge in [-0.15, -0.1) is 0 Å². The molecular formula is C20H24ClN3O5S. The van der Waals surface area contributed by atoms with Crippen molar-refractivity contribution in [3.8, 4) is 5.75 Å². The van der Waals surface area contributed by atoms with Gasteiger partial charge in [0.1, 0.15) is 10.7 Å². The molecule has 0 bridgehead atoms. The molecule has 1 saturated heterocycles. The zero-order valence-corrected chi connectivity index (χ0v) is 17.9. The Labute approximate surface area is 179 Å². The quantitative estimate of drug-likeness (QED) is 0.527. The molecule has 162 valence electrons. The maximum atomic E-state index is 13.1. The number of anilines is 1. The summed E-state index contributed by atoms with van der Waals surface area (Å²) in [6, 6.07) is 3.84. The molecule has 1 fully saturated rings. The van der Waals surface area contributed by atoms with Gasteiger partial charge < -0.3 is 25.5 Å². The van der Waals surface area contributed by atoms with Gasteiger partial charge in [0.25, 0.3) is 0 Å². The molecule has 1 aromatic carbocycles. The second kappa shape index (κ2) is 8.49. The van der Waals surface area contributed by atoms with Gasteiger partial charge >= 0.3 is 6.03 Å². The monoisotopic (exact) mass is 453 g/mol. The summed E-state index contributed by atoms with van der Waals surface area (Å²) in [5.41, 5.74) is 0.923. The second-order valence-electron chi connectivity index (χ2n) is 7.63. The van der Waals surface area contributed by atoms with Crippen LogP contribution in [-0.2, 0) is 16.3 Å². The van der Waals surface area contributed by atoms with Crippen LogP contribution < -0.4 is 16.0 Å². The summed E-state index contributed by atoms with van der Waals surface area (Å²) < 4.78 is 31.6. The number of piperidine rings is 1. The van der Waals surface area contributed by atoms with Gasteiger partial charge in [0.2, 0.25) is 0 Å². The first-order chi connectivity index (χ1) is 14.4. The van der Waals surface area contributed by atoms with E-state index in [4.69, 9.17) is 16.0 Å². The third-order valence-corrected chi connectivity index (χ3v) is 8.35. The Morgan fingerprint density at radius 1 is 1.23 bits per heavy atom. The van der Waals surface area contributed by atoms with E-state index in [9.17, 15) is 18.3 Å². The van der Waals surface area contributed by atoms with E-state index >= 15 is 0 Å². The fraction of sp³-hybridized carbons (Fsp3) is 0.450. The number of amides is 2. The number of phenolic OH excluding ortho intramolecular Hbond substituents is 1. The van der Waals surface area contributed by atoms with Gasteiger partial charge in [-0.3, -0.25) is 0 Å². The zero-order valence-electron chi connectivity index (χ0n) is 16.3. The number of furan rings is 1. The number of fused-ring (bicyclic) bond motifs is 1. The van der Waals surface area contributed by atoms with Crippen molar-refractivity contribution < 1.29 is 22.7 Å². The lowest BCUT2D eigenvalue weighted by Gasteiger charge is -2.25. The first-order valence-electron chi connectivity index (χ1n) is 9.98. The number of hydrogen-bond donors (Lipinski definition) is 4. The molecule has 0 unspecified atom stereocenters. The predicted octanol–water partition coefficient (Wildman–Crippen LogP) is 3.36. The van der Waals surface area contributed by atoms with E-state index in [1.165, 1.54) is 12.1 Å². The lowest BCUT2D eigenvalue weighted by atomic mass is 9.93. The molecule has 1 aromatic heterocycles. The molecule has 30 heavy (non-hydrogen) atoms. The third kappa shape index (κ3) is 4.01. The standard InChI is InChI=1S/C20H24ClN3O5S/c21-14-6-7-16(18(25)19(14)30(27,28)12-3-2-9-22-11-12)24-20(26)23-15-4-1-5-17-13(15)8-10-29-17/h6-8,10,12,15,22,25H,1-5,9,11H2,(H2,23,24,26)/t12-,15-/m0/s1. The molecule has 10 heteroatoms. The van der Waals surface area contributed by atoms with Crippen molar-refractivity contribution in [2.24, 2.45) is 0 Å². The number of halogens is 1. The van der Waals surface area contributed by atoms with Gasteiger partial charge in [-0.25, -0.2) is 13.2 Å². The van der Waals surface area contributed by atoms with Gasteiger partial charge in [-0.1, -0.05) is 11.6 Å². The van der Waals surface area contributed by atoms with E-state index < -0.39 is 26.9 Å². The molecule has 0 radical (unpaired) electrons. The summed E-state index contributed by atoms with van der Waals surface area (Å²) in [5, 5.41) is 18.4. The Hall–Kier alpha value is -2.23. The predicted molar refractivity (Wildman–Crippen MR) is 113 cm³/mol. The first kappa shape index (κ1) is 21.0. The molecule has 0 spiro atoms. The molecule has 4 N–H and O–H groups in total. The Kier molecular flexibility index (Phi) is 5.95. The summed E-state index contributed by atoms with van der Waals surface area (Å²) in [5.74, 6) is 0.311. The van der Waals surface area contributed by atoms with Crippen LogP contribution in [0.2, 0.25) is 5.02 Å². The van der Waals surface area contributed by atoms with Crippen LogP contribution in [0, 0.1) is 0 Å². The number of sulfone groups is 1. The minimum absolute atomic E-state index is 0.0116. The van der Waals surface area contributed by atoms with Crippen molar-refractivity contribution in [2.45, 2.75) is 48.3 Å². The van der Waals surface area contributed by atoms with Crippen LogP contribution in [0.3, 0.4) is 0 Å². The largest absolute Gasteiger partial charge is 0.504 e. The maximum Gasteiger partial charge on any atom is 0.319 e. The summed E-state index contributed by atoms with van der Waals surface area (Å²) >= 11 is 6.14. The average Bonchev–Trinajstić information content (AvgIpc) is 3.21. The number of aryl methyl sites for hydroxylation is 1. The van der Waals surface area contributed by atoms with E-state index in [0.717, 1.165) is 43.6 Å². The van der Waals surface area contributed by atoms with Crippen LogP contribution in [0.15, 0.2) is 33.8 Å². The van der Waals surface area contributed by atoms with E-state index in [-0.39, 0.29) is 21.6 Å². The highest BCUT2D eigenvalue weighted by atomic mass is 35.5. The Balaban J connectivity index is 1.54. The molecule has 1 aliphatic heterocycles. The van der Waals surface area contributed by atoms with Crippen molar-refractivity contribution in [1.82, 2.24) is 10.6 Å². The number of carbonyl (C=O) groups is 1. The van der Waals surface area contributed by atoms with E-state index in [2.05, 4.69) is 16.0 Å². The number of hydrogen-bond acceptors (Lipinski definition) is 6. The fourth-order valence-corrected chi connectivity index (χ4v) is 6.46. The van der Waals surface area contributed by atoms with Gasteiger partial charge in [-0.05, 0) is 50.4 Å². The van der Waals surface area contributed by atoms with Gasteiger partial charge in [0.05, 0.1) is 28.3 Å². The first-order valence-corrected chi connectivity index (χ1v) is 11.9. The molecule has 2 amide bonds. The normalized spacial score (nSPS) is 21.6. The Morgan fingerprint density at radius 3 is 2.83 bits per heavy atom. The maximum absolute atomic E-state index is 13.1. The topological polar surface area (TPSA) is 121 Å². The highest BCUT2D eigenvalue weighted by Crippen LogP contribution is 2.39. The lowest BCUT2D eigenvalue weighted by Crippen LogP contribution is -2.39. The Morgan fingerprint density at radius 2 is 2.07 bits per heavy atom. The van der Waals surface area contributed by atoms with E-state index in [0.29, 0.717) is 13.0 Å². The van der Waals surface area contributed by atoms with Crippen molar-refractivity contribution in [3.05, 3.63) is 40.8 Å². The van der Waals surface area contributed by atoms with Gasteiger partial charge in [0.15, 0.2) is 15.6 Å². The van der Waals surface area contributed by atoms with Crippen molar-refractivity contribution in [2.75, 3.05) is 18.4 Å². The summed E-state index contributed by atoms with van der Waals surface area (Å²) in [6.07, 6.45) is 5.29. The summed E-state index contributed by atoms with van der Waals surface area (Å²) in [6.45, 7) is 1.05. The van der Waals surface area contributed by atoms with Crippen LogP contribution in [0.1, 0.15) is 43.0 Å². The average molecular weight is 454 g/mol. The second-order valence-corrected chi connectivity index (χ2v) is 10.2. The number of urea groups is 1. The van der Waals surface area contributed by atoms with E-state index in [1.807, 2.05) is 6.07 Å². The Bertz CT molecular complexity index is 1050. The van der Waals surface area contributed by atoms with Crippen molar-refractivity contribution in [3.63, 3.8) is 0 Å². The minimum Gasteiger partial charge on any atom is -0.504 e. The van der Waals surface area contributed by atoms with Crippen LogP contribution in [0.25, 0.3) is 0 Å². The molecule has 1 aliphatic carbocycles. The van der Waals surface area contributed by atoms with Gasteiger partial charge in [-0.2, -0.15) is 0 Å². The minimum atomic E-state index is -3.87. The van der Waals surface area contributed by atoms with Crippen LogP contribution >= 0.6 is 11.6 Å². The highest BCUT2D eigenvalue weighted by Gasteiger charge is 2.34. The number of nitrogens with one attached hydrogen (secondary N) is 3. The molecule has 4 rings (SSSR count). The number of benzene rings is 1. The molecular weight excluding hydrogens is 430 g/mol. The number of aromatic hydroxyl groups is 1. The molecule has 2 atom stereocenters. The van der Waals surface area contributed by atoms with Crippen LogP contribution in [-0.4, -0.2) is 37.9 Å². The summed E-state index contributed by atoms with van der Waals surface area (Å²) in [7, 11) is -3.87. The lowest BCUT2D eigenvalue weighted by molar-refractivity contribution is 0.246. The van der Waals surface area contributed by atoms with E-state index in [1.54, 1.807) is 6.26 Å². The fourth-order valence-electron chi connectivity index (χ4n) is 4.12. The number of rotatable bonds is 4.